The number of hydrogen-bond donors (Lipinski definition) is 0. The molecule has 4 rings (SSSR count). The molecule has 0 saturated carbocycles. The smallest absolute Gasteiger partial charge is 0.337 e. The molecule has 1 atom stereocenters. The van der Waals surface area contributed by atoms with Crippen LogP contribution < -0.4 is 0 Å². The van der Waals surface area contributed by atoms with E-state index in [2.05, 4.69) is 4.90 Å². The van der Waals surface area contributed by atoms with E-state index in [0.717, 1.165) is 22.4 Å². The van der Waals surface area contributed by atoms with Crippen LogP contribution in [0.15, 0.2) is 90.0 Å². The van der Waals surface area contributed by atoms with Crippen LogP contribution in [0.3, 0.4) is 0 Å². The molecule has 0 aromatic heterocycles. The summed E-state index contributed by atoms with van der Waals surface area (Å²) in [6.45, 7) is 2.76. The minimum Gasteiger partial charge on any atom is -0.465 e. The number of ether oxygens (including phenoxy) is 1. The fourth-order valence-electron chi connectivity index (χ4n) is 3.85. The lowest BCUT2D eigenvalue weighted by Gasteiger charge is -2.28. The summed E-state index contributed by atoms with van der Waals surface area (Å²) in [7, 11) is 1.36. The molecule has 0 spiro atoms. The van der Waals surface area contributed by atoms with Gasteiger partial charge in [-0.2, -0.15) is 5.10 Å². The summed E-state index contributed by atoms with van der Waals surface area (Å²) >= 11 is 0. The molecular weight excluding hydrogens is 402 g/mol. The summed E-state index contributed by atoms with van der Waals surface area (Å²) in [5.74, 6) is -0.465. The van der Waals surface area contributed by atoms with E-state index in [4.69, 9.17) is 9.84 Å². The largest absolute Gasteiger partial charge is 0.465 e. The molecule has 1 aliphatic heterocycles. The Kier molecular flexibility index (Phi) is 6.42. The molecule has 0 bridgehead atoms. The molecule has 3 aromatic carbocycles. The second-order valence-corrected chi connectivity index (χ2v) is 7.67. The maximum absolute atomic E-state index is 13.0. The summed E-state index contributed by atoms with van der Waals surface area (Å²) in [6.07, 6.45) is -0.381. The second kappa shape index (κ2) is 9.58. The van der Waals surface area contributed by atoms with E-state index in [-0.39, 0.29) is 18.6 Å². The van der Waals surface area contributed by atoms with Crippen molar-refractivity contribution in [2.45, 2.75) is 19.6 Å². The van der Waals surface area contributed by atoms with E-state index in [0.29, 0.717) is 12.1 Å². The predicted octanol–water partition coefficient (Wildman–Crippen LogP) is 4.24. The number of carbonyl (C=O) groups excluding carboxylic acids is 2. The number of rotatable bonds is 6. The zero-order valence-corrected chi connectivity index (χ0v) is 18.1. The van der Waals surface area contributed by atoms with Gasteiger partial charge in [-0.25, -0.2) is 9.80 Å². The van der Waals surface area contributed by atoms with Gasteiger partial charge in [-0.05, 0) is 35.7 Å². The van der Waals surface area contributed by atoms with Gasteiger partial charge in [0, 0.05) is 6.54 Å². The van der Waals surface area contributed by atoms with Gasteiger partial charge in [-0.3, -0.25) is 9.69 Å². The maximum Gasteiger partial charge on any atom is 0.337 e. The molecule has 1 aliphatic rings. The summed E-state index contributed by atoms with van der Waals surface area (Å²) in [6, 6.07) is 27.0. The van der Waals surface area contributed by atoms with Crippen LogP contribution in [0.4, 0.5) is 0 Å². The Hall–Kier alpha value is -3.77. The van der Waals surface area contributed by atoms with E-state index < -0.39 is 5.97 Å². The molecule has 0 aliphatic carbocycles. The average molecular weight is 428 g/mol. The molecule has 1 heterocycles. The zero-order chi connectivity index (χ0) is 22.5. The average Bonchev–Trinajstić information content (AvgIpc) is 3.14. The highest BCUT2D eigenvalue weighted by atomic mass is 16.5. The second-order valence-electron chi connectivity index (χ2n) is 7.67. The number of hydrazone groups is 1. The van der Waals surface area contributed by atoms with Gasteiger partial charge in [-0.15, -0.1) is 0 Å². The molecule has 1 fully saturated rings. The lowest BCUT2D eigenvalue weighted by atomic mass is 10.1. The molecule has 32 heavy (non-hydrogen) atoms. The third kappa shape index (κ3) is 4.60. The van der Waals surface area contributed by atoms with Gasteiger partial charge >= 0.3 is 5.97 Å². The van der Waals surface area contributed by atoms with Crippen molar-refractivity contribution in [1.29, 1.82) is 0 Å². The number of methoxy groups -OCH3 is 1. The number of benzene rings is 3. The van der Waals surface area contributed by atoms with Gasteiger partial charge in [0.2, 0.25) is 0 Å². The Morgan fingerprint density at radius 1 is 0.938 bits per heavy atom. The molecule has 1 saturated heterocycles. The first-order valence-corrected chi connectivity index (χ1v) is 10.5. The highest BCUT2D eigenvalue weighted by Gasteiger charge is 2.39. The van der Waals surface area contributed by atoms with Crippen molar-refractivity contribution >= 4 is 17.6 Å². The molecule has 162 valence electrons. The Bertz CT molecular complexity index is 1110. The third-order valence-corrected chi connectivity index (χ3v) is 5.48. The third-order valence-electron chi connectivity index (χ3n) is 5.48. The number of esters is 1. The van der Waals surface area contributed by atoms with Gasteiger partial charge < -0.3 is 4.74 Å². The molecular formula is C26H25N3O3. The predicted molar refractivity (Wildman–Crippen MR) is 123 cm³/mol. The molecule has 0 N–H and O–H groups in total. The first-order valence-electron chi connectivity index (χ1n) is 10.5. The molecule has 6 heteroatoms. The number of hydrogen-bond acceptors (Lipinski definition) is 5. The SMILES string of the molecule is COC(=O)c1ccc([C@H]2N(Cc3ccccc3)CC(=O)N2/N=C(/C)c2ccccc2)cc1. The highest BCUT2D eigenvalue weighted by molar-refractivity contribution is 5.99. The standard InChI is InChI=1S/C26H25N3O3/c1-19(21-11-7-4-8-12-21)27-29-24(30)18-28(17-20-9-5-3-6-10-20)25(29)22-13-15-23(16-14-22)26(31)32-2/h3-16,25H,17-18H2,1-2H3/b27-19-/t25-/m0/s1. The molecule has 0 unspecified atom stereocenters. The van der Waals surface area contributed by atoms with Gasteiger partial charge in [-0.1, -0.05) is 72.8 Å². The first-order chi connectivity index (χ1) is 15.6. The van der Waals surface area contributed by atoms with Crippen molar-refractivity contribution in [2.75, 3.05) is 13.7 Å². The van der Waals surface area contributed by atoms with Crippen LogP contribution in [0.2, 0.25) is 0 Å². The van der Waals surface area contributed by atoms with Gasteiger partial charge in [0.15, 0.2) is 0 Å². The molecule has 3 aromatic rings. The highest BCUT2D eigenvalue weighted by Crippen LogP contribution is 2.33. The normalized spacial score (nSPS) is 16.9. The van der Waals surface area contributed by atoms with Crippen LogP contribution >= 0.6 is 0 Å². The van der Waals surface area contributed by atoms with Crippen LogP contribution in [-0.2, 0) is 16.1 Å². The molecule has 6 nitrogen and oxygen atoms in total. The Morgan fingerprint density at radius 3 is 2.19 bits per heavy atom. The van der Waals surface area contributed by atoms with E-state index in [1.165, 1.54) is 7.11 Å². The number of nitrogens with zero attached hydrogens (tertiary/aromatic N) is 3. The van der Waals surface area contributed by atoms with Crippen LogP contribution in [0.25, 0.3) is 0 Å². The minimum absolute atomic E-state index is 0.0711. The van der Waals surface area contributed by atoms with Crippen molar-refractivity contribution in [3.63, 3.8) is 0 Å². The van der Waals surface area contributed by atoms with Crippen molar-refractivity contribution in [3.8, 4) is 0 Å². The lowest BCUT2D eigenvalue weighted by molar-refractivity contribution is -0.128. The van der Waals surface area contributed by atoms with Gasteiger partial charge in [0.05, 0.1) is 24.9 Å². The van der Waals surface area contributed by atoms with Crippen LogP contribution in [0.1, 0.15) is 40.1 Å². The monoisotopic (exact) mass is 427 g/mol. The summed E-state index contributed by atoms with van der Waals surface area (Å²) in [5.41, 5.74) is 4.18. The maximum atomic E-state index is 13.0. The number of amides is 1. The van der Waals surface area contributed by atoms with Crippen LogP contribution in [-0.4, -0.2) is 41.2 Å². The number of carbonyl (C=O) groups is 2. The molecule has 0 radical (unpaired) electrons. The summed E-state index contributed by atoms with van der Waals surface area (Å²) in [5, 5.41) is 6.27. The van der Waals surface area contributed by atoms with Crippen molar-refractivity contribution in [3.05, 3.63) is 107 Å². The van der Waals surface area contributed by atoms with Crippen molar-refractivity contribution < 1.29 is 14.3 Å². The summed E-state index contributed by atoms with van der Waals surface area (Å²) in [4.78, 5) is 27.0. The van der Waals surface area contributed by atoms with Gasteiger partial charge in [0.25, 0.3) is 5.91 Å². The van der Waals surface area contributed by atoms with Crippen LogP contribution in [0.5, 0.6) is 0 Å². The Morgan fingerprint density at radius 2 is 1.56 bits per heavy atom. The topological polar surface area (TPSA) is 62.2 Å². The lowest BCUT2D eigenvalue weighted by Crippen LogP contribution is -2.29. The van der Waals surface area contributed by atoms with E-state index in [9.17, 15) is 9.59 Å². The van der Waals surface area contributed by atoms with Crippen LogP contribution in [0, 0.1) is 0 Å². The zero-order valence-electron chi connectivity index (χ0n) is 18.1. The van der Waals surface area contributed by atoms with E-state index >= 15 is 0 Å². The Labute approximate surface area is 187 Å². The quantitative estimate of drug-likeness (QED) is 0.436. The summed E-state index contributed by atoms with van der Waals surface area (Å²) < 4.78 is 4.81. The molecule has 1 amide bonds. The van der Waals surface area contributed by atoms with Crippen molar-refractivity contribution in [1.82, 2.24) is 9.91 Å². The fraction of sp³-hybridized carbons (Fsp3) is 0.192. The Balaban J connectivity index is 1.70. The van der Waals surface area contributed by atoms with Gasteiger partial charge in [0.1, 0.15) is 6.17 Å². The van der Waals surface area contributed by atoms with E-state index in [1.54, 1.807) is 17.1 Å². The fourth-order valence-corrected chi connectivity index (χ4v) is 3.85. The van der Waals surface area contributed by atoms with Crippen molar-refractivity contribution in [2.24, 2.45) is 5.10 Å². The first kappa shape index (κ1) is 21.5. The minimum atomic E-state index is -0.394. The van der Waals surface area contributed by atoms with E-state index in [1.807, 2.05) is 79.7 Å².